The number of ether oxygens (including phenoxy) is 1. The lowest BCUT2D eigenvalue weighted by atomic mass is 9.92. The van der Waals surface area contributed by atoms with Crippen LogP contribution in [0.15, 0.2) is 35.5 Å². The first-order valence-corrected chi connectivity index (χ1v) is 9.57. The quantitative estimate of drug-likeness (QED) is 0.476. The molecule has 0 bridgehead atoms. The second-order valence-electron chi connectivity index (χ2n) is 6.39. The van der Waals surface area contributed by atoms with Gasteiger partial charge in [0.15, 0.2) is 5.78 Å². The van der Waals surface area contributed by atoms with Gasteiger partial charge in [0.25, 0.3) is 0 Å². The van der Waals surface area contributed by atoms with Crippen molar-refractivity contribution in [3.05, 3.63) is 58.1 Å². The number of ketones is 1. The lowest BCUT2D eigenvalue weighted by molar-refractivity contribution is 0.102. The van der Waals surface area contributed by atoms with E-state index in [1.807, 2.05) is 52.0 Å². The first-order chi connectivity index (χ1) is 12.9. The molecule has 27 heavy (non-hydrogen) atoms. The molecule has 0 atom stereocenters. The summed E-state index contributed by atoms with van der Waals surface area (Å²) in [5.74, 6) is 1.01. The highest BCUT2D eigenvalue weighted by Crippen LogP contribution is 2.27. The van der Waals surface area contributed by atoms with Crippen molar-refractivity contribution in [2.45, 2.75) is 32.9 Å². The molecule has 0 aliphatic carbocycles. The van der Waals surface area contributed by atoms with E-state index < -0.39 is 0 Å². The van der Waals surface area contributed by atoms with Crippen LogP contribution in [0.1, 0.15) is 32.6 Å². The summed E-state index contributed by atoms with van der Waals surface area (Å²) in [6, 6.07) is 9.62. The van der Waals surface area contributed by atoms with Crippen LogP contribution in [0, 0.1) is 27.7 Å². The van der Waals surface area contributed by atoms with Crippen molar-refractivity contribution in [1.29, 1.82) is 0 Å². The highest BCUT2D eigenvalue weighted by molar-refractivity contribution is 7.99. The van der Waals surface area contributed by atoms with Crippen molar-refractivity contribution in [3.8, 4) is 11.4 Å². The lowest BCUT2D eigenvalue weighted by Crippen LogP contribution is -2.11. The molecule has 0 radical (unpaired) electrons. The summed E-state index contributed by atoms with van der Waals surface area (Å²) in [7, 11) is 1.60. The summed E-state index contributed by atoms with van der Waals surface area (Å²) in [5, 5.41) is 12.4. The van der Waals surface area contributed by atoms with Gasteiger partial charge in [-0.15, -0.1) is 5.10 Å². The van der Waals surface area contributed by atoms with Gasteiger partial charge in [0.05, 0.1) is 12.9 Å². The van der Waals surface area contributed by atoms with E-state index in [2.05, 4.69) is 21.6 Å². The zero-order chi connectivity index (χ0) is 19.6. The van der Waals surface area contributed by atoms with E-state index in [1.165, 1.54) is 11.8 Å². The Balaban J connectivity index is 1.86. The molecule has 0 aliphatic rings. The molecular formula is C20H22N4O2S. The summed E-state index contributed by atoms with van der Waals surface area (Å²) in [6.45, 7) is 8.07. The van der Waals surface area contributed by atoms with Crippen LogP contribution >= 0.6 is 11.8 Å². The fourth-order valence-electron chi connectivity index (χ4n) is 3.06. The molecule has 1 heterocycles. The molecule has 0 amide bonds. The SMILES string of the molecule is COc1ccccc1-n1nnnc1SCC(=O)c1c(C)c(C)cc(C)c1C. The Morgan fingerprint density at radius 3 is 2.44 bits per heavy atom. The molecule has 6 nitrogen and oxygen atoms in total. The summed E-state index contributed by atoms with van der Waals surface area (Å²) in [5.41, 5.74) is 5.87. The normalized spacial score (nSPS) is 10.9. The van der Waals surface area contributed by atoms with Crippen LogP contribution in [0.3, 0.4) is 0 Å². The zero-order valence-corrected chi connectivity index (χ0v) is 16.9. The maximum absolute atomic E-state index is 12.9. The van der Waals surface area contributed by atoms with E-state index in [0.29, 0.717) is 10.9 Å². The van der Waals surface area contributed by atoms with E-state index in [4.69, 9.17) is 4.74 Å². The average Bonchev–Trinajstić information content (AvgIpc) is 3.13. The van der Waals surface area contributed by atoms with Crippen molar-refractivity contribution in [2.75, 3.05) is 12.9 Å². The molecule has 0 aliphatic heterocycles. The van der Waals surface area contributed by atoms with Crippen molar-refractivity contribution in [2.24, 2.45) is 0 Å². The summed E-state index contributed by atoms with van der Waals surface area (Å²) in [6.07, 6.45) is 0. The fraction of sp³-hybridized carbons (Fsp3) is 0.300. The zero-order valence-electron chi connectivity index (χ0n) is 16.1. The third-order valence-corrected chi connectivity index (χ3v) is 5.65. The molecule has 2 aromatic carbocycles. The Morgan fingerprint density at radius 1 is 1.11 bits per heavy atom. The van der Waals surface area contributed by atoms with Gasteiger partial charge in [-0.1, -0.05) is 30.0 Å². The Labute approximate surface area is 162 Å². The number of thioether (sulfide) groups is 1. The summed E-state index contributed by atoms with van der Waals surface area (Å²) >= 11 is 1.32. The monoisotopic (exact) mass is 382 g/mol. The van der Waals surface area contributed by atoms with E-state index in [1.54, 1.807) is 11.8 Å². The van der Waals surface area contributed by atoms with Gasteiger partial charge in [0.2, 0.25) is 5.16 Å². The number of rotatable bonds is 6. The highest BCUT2D eigenvalue weighted by atomic mass is 32.2. The van der Waals surface area contributed by atoms with Gasteiger partial charge in [-0.05, 0) is 72.5 Å². The molecule has 0 unspecified atom stereocenters. The maximum atomic E-state index is 12.9. The van der Waals surface area contributed by atoms with E-state index >= 15 is 0 Å². The average molecular weight is 382 g/mol. The molecular weight excluding hydrogens is 360 g/mol. The Kier molecular flexibility index (Phi) is 5.60. The van der Waals surface area contributed by atoms with E-state index in [0.717, 1.165) is 33.5 Å². The molecule has 140 valence electrons. The number of benzene rings is 2. The summed E-state index contributed by atoms with van der Waals surface area (Å²) < 4.78 is 6.98. The number of aryl methyl sites for hydroxylation is 2. The number of nitrogens with zero attached hydrogens (tertiary/aromatic N) is 4. The molecule has 0 N–H and O–H groups in total. The molecule has 3 aromatic rings. The first kappa shape index (κ1) is 19.1. The van der Waals surface area contributed by atoms with Crippen molar-refractivity contribution in [1.82, 2.24) is 20.2 Å². The molecule has 1 aromatic heterocycles. The number of para-hydroxylation sites is 2. The van der Waals surface area contributed by atoms with Gasteiger partial charge in [0, 0.05) is 5.56 Å². The second kappa shape index (κ2) is 7.92. The molecule has 0 fully saturated rings. The number of hydrogen-bond acceptors (Lipinski definition) is 6. The third kappa shape index (κ3) is 3.73. The standard InChI is InChI=1S/C20H22N4O2S/c1-12-10-13(2)15(4)19(14(12)3)17(25)11-27-20-21-22-23-24(20)16-8-6-7-9-18(16)26-5/h6-10H,11H2,1-5H3. The van der Waals surface area contributed by atoms with Crippen LogP contribution in [-0.4, -0.2) is 38.9 Å². The first-order valence-electron chi connectivity index (χ1n) is 8.59. The lowest BCUT2D eigenvalue weighted by Gasteiger charge is -2.14. The Hall–Kier alpha value is -2.67. The van der Waals surface area contributed by atoms with Gasteiger partial charge >= 0.3 is 0 Å². The van der Waals surface area contributed by atoms with E-state index in [9.17, 15) is 4.79 Å². The van der Waals surface area contributed by atoms with Crippen LogP contribution in [0.4, 0.5) is 0 Å². The number of aromatic nitrogens is 4. The van der Waals surface area contributed by atoms with Crippen molar-refractivity contribution < 1.29 is 9.53 Å². The minimum atomic E-state index is 0.0800. The van der Waals surface area contributed by atoms with Gasteiger partial charge in [-0.25, -0.2) is 0 Å². The molecule has 0 saturated heterocycles. The number of hydrogen-bond donors (Lipinski definition) is 0. The maximum Gasteiger partial charge on any atom is 0.214 e. The minimum Gasteiger partial charge on any atom is -0.494 e. The fourth-order valence-corrected chi connectivity index (χ4v) is 3.82. The molecule has 0 saturated carbocycles. The van der Waals surface area contributed by atoms with Crippen molar-refractivity contribution >= 4 is 17.5 Å². The molecule has 0 spiro atoms. The van der Waals surface area contributed by atoms with Gasteiger partial charge in [0.1, 0.15) is 11.4 Å². The van der Waals surface area contributed by atoms with Gasteiger partial charge in [-0.3, -0.25) is 4.79 Å². The number of carbonyl (C=O) groups is 1. The minimum absolute atomic E-state index is 0.0800. The van der Waals surface area contributed by atoms with Gasteiger partial charge < -0.3 is 4.74 Å². The van der Waals surface area contributed by atoms with Crippen LogP contribution in [0.5, 0.6) is 5.75 Å². The highest BCUT2D eigenvalue weighted by Gasteiger charge is 2.19. The number of tetrazole rings is 1. The van der Waals surface area contributed by atoms with Crippen LogP contribution in [0.25, 0.3) is 5.69 Å². The molecule has 7 heteroatoms. The van der Waals surface area contributed by atoms with E-state index in [-0.39, 0.29) is 11.5 Å². The van der Waals surface area contributed by atoms with Crippen LogP contribution < -0.4 is 4.74 Å². The topological polar surface area (TPSA) is 69.9 Å². The van der Waals surface area contributed by atoms with Gasteiger partial charge in [-0.2, -0.15) is 4.68 Å². The Bertz CT molecular complexity index is 971. The van der Waals surface area contributed by atoms with Crippen LogP contribution in [0.2, 0.25) is 0 Å². The predicted molar refractivity (Wildman–Crippen MR) is 106 cm³/mol. The Morgan fingerprint density at radius 2 is 1.78 bits per heavy atom. The largest absolute Gasteiger partial charge is 0.494 e. The number of Topliss-reactive ketones (excluding diaryl/α,β-unsaturated/α-hetero) is 1. The number of carbonyl (C=O) groups excluding carboxylic acids is 1. The number of methoxy groups -OCH3 is 1. The third-order valence-electron chi connectivity index (χ3n) is 4.73. The molecule has 3 rings (SSSR count). The second-order valence-corrected chi connectivity index (χ2v) is 7.33. The van der Waals surface area contributed by atoms with Crippen molar-refractivity contribution in [3.63, 3.8) is 0 Å². The smallest absolute Gasteiger partial charge is 0.214 e. The predicted octanol–water partition coefficient (Wildman–Crippen LogP) is 3.88. The van der Waals surface area contributed by atoms with Crippen LogP contribution in [-0.2, 0) is 0 Å². The summed E-state index contributed by atoms with van der Waals surface area (Å²) in [4.78, 5) is 12.9.